The third-order valence-corrected chi connectivity index (χ3v) is 3.33. The van der Waals surface area contributed by atoms with Crippen LogP contribution in [-0.2, 0) is 4.79 Å². The van der Waals surface area contributed by atoms with Crippen molar-refractivity contribution in [2.45, 2.75) is 32.2 Å². The van der Waals surface area contributed by atoms with Gasteiger partial charge in [0.15, 0.2) is 0 Å². The number of aromatic nitrogens is 1. The highest BCUT2D eigenvalue weighted by Gasteiger charge is 2.11. The van der Waals surface area contributed by atoms with Gasteiger partial charge in [-0.1, -0.05) is 0 Å². The monoisotopic (exact) mass is 270 g/mol. The molecule has 0 aromatic carbocycles. The minimum absolute atomic E-state index is 0.160. The summed E-state index contributed by atoms with van der Waals surface area (Å²) in [5, 5.41) is 5.17. The molecule has 7 heteroatoms. The Kier molecular flexibility index (Phi) is 5.73. The van der Waals surface area contributed by atoms with Gasteiger partial charge in [0.25, 0.3) is 5.91 Å². The van der Waals surface area contributed by atoms with Crippen molar-refractivity contribution in [3.63, 3.8) is 0 Å². The third kappa shape index (κ3) is 4.80. The number of hydrogen-bond acceptors (Lipinski definition) is 5. The number of carbonyl (C=O) groups excluding carboxylic acids is 2. The molecule has 0 spiro atoms. The molecule has 1 rings (SSSR count). The van der Waals surface area contributed by atoms with E-state index in [1.165, 1.54) is 11.3 Å². The molecule has 0 saturated carbocycles. The number of amides is 2. The van der Waals surface area contributed by atoms with Crippen LogP contribution in [0.25, 0.3) is 0 Å². The maximum atomic E-state index is 11.7. The Labute approximate surface area is 110 Å². The van der Waals surface area contributed by atoms with Gasteiger partial charge in [-0.2, -0.15) is 0 Å². The highest BCUT2D eigenvalue weighted by Crippen LogP contribution is 2.15. The predicted octanol–water partition coefficient (Wildman–Crippen LogP) is 0.548. The van der Waals surface area contributed by atoms with E-state index < -0.39 is 0 Å². The molecule has 0 fully saturated rings. The van der Waals surface area contributed by atoms with E-state index >= 15 is 0 Å². The zero-order valence-electron chi connectivity index (χ0n) is 10.3. The van der Waals surface area contributed by atoms with Gasteiger partial charge in [0.05, 0.1) is 6.04 Å². The first-order valence-corrected chi connectivity index (χ1v) is 6.66. The molecule has 1 aromatic heterocycles. The van der Waals surface area contributed by atoms with E-state index in [0.29, 0.717) is 25.1 Å². The van der Waals surface area contributed by atoms with E-state index in [9.17, 15) is 9.59 Å². The van der Waals surface area contributed by atoms with Crippen LogP contribution in [0.2, 0.25) is 0 Å². The average molecular weight is 270 g/mol. The van der Waals surface area contributed by atoms with Crippen LogP contribution in [0.4, 0.5) is 0 Å². The number of unbranched alkanes of at least 4 members (excludes halogenated alkanes) is 1. The Morgan fingerprint density at radius 2 is 2.22 bits per heavy atom. The van der Waals surface area contributed by atoms with Crippen LogP contribution in [0.1, 0.15) is 47.7 Å². The van der Waals surface area contributed by atoms with Gasteiger partial charge >= 0.3 is 0 Å². The second kappa shape index (κ2) is 7.07. The summed E-state index contributed by atoms with van der Waals surface area (Å²) in [5.41, 5.74) is 11.1. The van der Waals surface area contributed by atoms with Crippen molar-refractivity contribution in [2.24, 2.45) is 11.5 Å². The number of thiazole rings is 1. The maximum Gasteiger partial charge on any atom is 0.270 e. The number of nitrogens with zero attached hydrogens (tertiary/aromatic N) is 1. The number of primary amides is 1. The molecule has 6 nitrogen and oxygen atoms in total. The maximum absolute atomic E-state index is 11.7. The molecule has 1 aromatic rings. The fourth-order valence-electron chi connectivity index (χ4n) is 1.32. The van der Waals surface area contributed by atoms with E-state index in [1.807, 2.05) is 6.92 Å². The van der Waals surface area contributed by atoms with Crippen LogP contribution < -0.4 is 16.8 Å². The summed E-state index contributed by atoms with van der Waals surface area (Å²) in [5.74, 6) is -0.528. The van der Waals surface area contributed by atoms with Gasteiger partial charge < -0.3 is 16.8 Å². The van der Waals surface area contributed by atoms with Crippen LogP contribution in [0.3, 0.4) is 0 Å². The van der Waals surface area contributed by atoms with Gasteiger partial charge in [0.1, 0.15) is 10.7 Å². The minimum Gasteiger partial charge on any atom is -0.370 e. The molecule has 2 amide bonds. The number of nitrogens with two attached hydrogens (primary N) is 2. The first-order chi connectivity index (χ1) is 8.50. The van der Waals surface area contributed by atoms with Crippen LogP contribution in [0.15, 0.2) is 5.38 Å². The summed E-state index contributed by atoms with van der Waals surface area (Å²) >= 11 is 1.38. The van der Waals surface area contributed by atoms with Crippen LogP contribution in [0, 0.1) is 0 Å². The Morgan fingerprint density at radius 1 is 1.50 bits per heavy atom. The lowest BCUT2D eigenvalue weighted by Gasteiger charge is -2.02. The summed E-state index contributed by atoms with van der Waals surface area (Å²) in [7, 11) is 0. The Balaban J connectivity index is 2.29. The second-order valence-electron chi connectivity index (χ2n) is 4.04. The summed E-state index contributed by atoms with van der Waals surface area (Å²) in [6.45, 7) is 2.33. The Hall–Kier alpha value is -1.47. The van der Waals surface area contributed by atoms with Gasteiger partial charge in [0, 0.05) is 18.3 Å². The molecule has 100 valence electrons. The lowest BCUT2D eigenvalue weighted by atomic mass is 10.2. The van der Waals surface area contributed by atoms with Crippen molar-refractivity contribution in [1.82, 2.24) is 10.3 Å². The van der Waals surface area contributed by atoms with Gasteiger partial charge in [-0.3, -0.25) is 9.59 Å². The number of nitrogens with one attached hydrogen (secondary N) is 1. The topological polar surface area (TPSA) is 111 Å². The molecule has 1 heterocycles. The first kappa shape index (κ1) is 14.6. The van der Waals surface area contributed by atoms with Crippen LogP contribution >= 0.6 is 11.3 Å². The molecular weight excluding hydrogens is 252 g/mol. The van der Waals surface area contributed by atoms with Crippen LogP contribution in [0.5, 0.6) is 0 Å². The standard InChI is InChI=1S/C11H18N4O2S/c1-7(12)11-15-8(6-18-11)10(17)14-5-3-2-4-9(13)16/h6-7H,2-5,12H2,1H3,(H2,13,16)(H,14,17). The molecule has 18 heavy (non-hydrogen) atoms. The van der Waals surface area contributed by atoms with E-state index in [1.54, 1.807) is 5.38 Å². The molecule has 5 N–H and O–H groups in total. The molecule has 1 unspecified atom stereocenters. The highest BCUT2D eigenvalue weighted by molar-refractivity contribution is 7.09. The largest absolute Gasteiger partial charge is 0.370 e. The van der Waals surface area contributed by atoms with Gasteiger partial charge in [-0.05, 0) is 19.8 Å². The normalized spacial score (nSPS) is 12.1. The fraction of sp³-hybridized carbons (Fsp3) is 0.545. The molecule has 0 saturated heterocycles. The van der Waals surface area contributed by atoms with Crippen molar-refractivity contribution < 1.29 is 9.59 Å². The predicted molar refractivity (Wildman–Crippen MR) is 70.1 cm³/mol. The van der Waals surface area contributed by atoms with E-state index in [0.717, 1.165) is 11.4 Å². The summed E-state index contributed by atoms with van der Waals surface area (Å²) < 4.78 is 0. The molecule has 0 aliphatic heterocycles. The zero-order valence-corrected chi connectivity index (χ0v) is 11.1. The van der Waals surface area contributed by atoms with E-state index in [-0.39, 0.29) is 17.9 Å². The number of hydrogen-bond donors (Lipinski definition) is 3. The lowest BCUT2D eigenvalue weighted by molar-refractivity contribution is -0.118. The van der Waals surface area contributed by atoms with Crippen molar-refractivity contribution in [2.75, 3.05) is 6.54 Å². The van der Waals surface area contributed by atoms with E-state index in [4.69, 9.17) is 11.5 Å². The summed E-state index contributed by atoms with van der Waals surface area (Å²) in [6.07, 6.45) is 1.75. The highest BCUT2D eigenvalue weighted by atomic mass is 32.1. The van der Waals surface area contributed by atoms with Crippen molar-refractivity contribution in [3.8, 4) is 0 Å². The van der Waals surface area contributed by atoms with Gasteiger partial charge in [-0.15, -0.1) is 11.3 Å². The molecule has 0 radical (unpaired) electrons. The van der Waals surface area contributed by atoms with E-state index in [2.05, 4.69) is 10.3 Å². The lowest BCUT2D eigenvalue weighted by Crippen LogP contribution is -2.25. The smallest absolute Gasteiger partial charge is 0.270 e. The molecule has 0 aliphatic carbocycles. The summed E-state index contributed by atoms with van der Waals surface area (Å²) in [6, 6.07) is -0.160. The molecule has 0 aliphatic rings. The van der Waals surface area contributed by atoms with Crippen molar-refractivity contribution in [1.29, 1.82) is 0 Å². The quantitative estimate of drug-likeness (QED) is 0.628. The molecular formula is C11H18N4O2S. The Morgan fingerprint density at radius 3 is 2.78 bits per heavy atom. The summed E-state index contributed by atoms with van der Waals surface area (Å²) in [4.78, 5) is 26.3. The van der Waals surface area contributed by atoms with Crippen molar-refractivity contribution >= 4 is 23.2 Å². The fourth-order valence-corrected chi connectivity index (χ4v) is 2.08. The second-order valence-corrected chi connectivity index (χ2v) is 4.93. The van der Waals surface area contributed by atoms with Crippen molar-refractivity contribution in [3.05, 3.63) is 16.1 Å². The number of carbonyl (C=O) groups is 2. The van der Waals surface area contributed by atoms with Crippen LogP contribution in [-0.4, -0.2) is 23.3 Å². The third-order valence-electron chi connectivity index (χ3n) is 2.28. The SMILES string of the molecule is CC(N)c1nc(C(=O)NCCCCC(N)=O)cs1. The molecule has 0 bridgehead atoms. The molecule has 1 atom stereocenters. The Bertz CT molecular complexity index is 417. The number of rotatable bonds is 7. The first-order valence-electron chi connectivity index (χ1n) is 5.78. The average Bonchev–Trinajstić information content (AvgIpc) is 2.77. The van der Waals surface area contributed by atoms with Gasteiger partial charge in [0.2, 0.25) is 5.91 Å². The van der Waals surface area contributed by atoms with Gasteiger partial charge in [-0.25, -0.2) is 4.98 Å². The zero-order chi connectivity index (χ0) is 13.5. The minimum atomic E-state index is -0.317.